The SMILES string of the molecule is C#CCC(C)NC(=O)NC1(C(=O)O)CCC(CC)CC1. The molecule has 0 bridgehead atoms. The number of rotatable bonds is 5. The Hall–Kier alpha value is -1.70. The van der Waals surface area contributed by atoms with E-state index < -0.39 is 17.5 Å². The molecule has 3 N–H and O–H groups in total. The lowest BCUT2D eigenvalue weighted by Crippen LogP contribution is -2.59. The molecule has 0 saturated heterocycles. The lowest BCUT2D eigenvalue weighted by molar-refractivity contribution is -0.146. The molecule has 1 aliphatic rings. The summed E-state index contributed by atoms with van der Waals surface area (Å²) >= 11 is 0. The van der Waals surface area contributed by atoms with E-state index in [4.69, 9.17) is 6.42 Å². The van der Waals surface area contributed by atoms with Crippen molar-refractivity contribution in [3.8, 4) is 12.3 Å². The second-order valence-electron chi connectivity index (χ2n) is 5.65. The quantitative estimate of drug-likeness (QED) is 0.675. The number of nitrogens with one attached hydrogen (secondary N) is 2. The number of carbonyl (C=O) groups excluding carboxylic acids is 1. The summed E-state index contributed by atoms with van der Waals surface area (Å²) in [5, 5.41) is 14.8. The fourth-order valence-electron chi connectivity index (χ4n) is 2.68. The highest BCUT2D eigenvalue weighted by Crippen LogP contribution is 2.33. The van der Waals surface area contributed by atoms with Gasteiger partial charge >= 0.3 is 12.0 Å². The molecule has 20 heavy (non-hydrogen) atoms. The zero-order chi connectivity index (χ0) is 15.2. The van der Waals surface area contributed by atoms with Crippen LogP contribution in [0.25, 0.3) is 0 Å². The second kappa shape index (κ2) is 7.18. The van der Waals surface area contributed by atoms with Crippen molar-refractivity contribution in [3.63, 3.8) is 0 Å². The first-order valence-electron chi connectivity index (χ1n) is 7.19. The summed E-state index contributed by atoms with van der Waals surface area (Å²) in [7, 11) is 0. The summed E-state index contributed by atoms with van der Waals surface area (Å²) < 4.78 is 0. The van der Waals surface area contributed by atoms with Crippen LogP contribution in [0.3, 0.4) is 0 Å². The van der Waals surface area contributed by atoms with E-state index in [2.05, 4.69) is 23.5 Å². The van der Waals surface area contributed by atoms with Crippen LogP contribution >= 0.6 is 0 Å². The molecule has 112 valence electrons. The molecule has 1 rings (SSSR count). The molecule has 0 radical (unpaired) electrons. The minimum absolute atomic E-state index is 0.169. The van der Waals surface area contributed by atoms with Gasteiger partial charge in [0.15, 0.2) is 0 Å². The molecular formula is C15H24N2O3. The van der Waals surface area contributed by atoms with Crippen LogP contribution in [0.15, 0.2) is 0 Å². The van der Waals surface area contributed by atoms with Crippen molar-refractivity contribution in [2.45, 2.75) is 64.0 Å². The van der Waals surface area contributed by atoms with Gasteiger partial charge in [-0.3, -0.25) is 0 Å². The van der Waals surface area contributed by atoms with Gasteiger partial charge in [-0.15, -0.1) is 12.3 Å². The maximum absolute atomic E-state index is 11.9. The predicted molar refractivity (Wildman–Crippen MR) is 77.2 cm³/mol. The van der Waals surface area contributed by atoms with Gasteiger partial charge in [-0.2, -0.15) is 0 Å². The molecule has 0 spiro atoms. The van der Waals surface area contributed by atoms with Crippen molar-refractivity contribution in [3.05, 3.63) is 0 Å². The third-order valence-corrected chi connectivity index (χ3v) is 4.10. The molecule has 1 aliphatic carbocycles. The van der Waals surface area contributed by atoms with E-state index in [1.807, 2.05) is 0 Å². The van der Waals surface area contributed by atoms with E-state index >= 15 is 0 Å². The summed E-state index contributed by atoms with van der Waals surface area (Å²) in [4.78, 5) is 23.4. The maximum Gasteiger partial charge on any atom is 0.329 e. The molecule has 0 aromatic heterocycles. The first kappa shape index (κ1) is 16.4. The Morgan fingerprint density at radius 1 is 1.45 bits per heavy atom. The fourth-order valence-corrected chi connectivity index (χ4v) is 2.68. The van der Waals surface area contributed by atoms with Crippen LogP contribution in [0, 0.1) is 18.3 Å². The molecule has 1 unspecified atom stereocenters. The third kappa shape index (κ3) is 4.16. The molecule has 0 aromatic rings. The zero-order valence-corrected chi connectivity index (χ0v) is 12.2. The number of amides is 2. The van der Waals surface area contributed by atoms with Crippen LogP contribution in [0.2, 0.25) is 0 Å². The van der Waals surface area contributed by atoms with Crippen molar-refractivity contribution in [2.75, 3.05) is 0 Å². The Balaban J connectivity index is 2.62. The maximum atomic E-state index is 11.9. The smallest absolute Gasteiger partial charge is 0.329 e. The highest BCUT2D eigenvalue weighted by Gasteiger charge is 2.43. The van der Waals surface area contributed by atoms with E-state index in [1.54, 1.807) is 6.92 Å². The van der Waals surface area contributed by atoms with Gasteiger partial charge in [0, 0.05) is 12.5 Å². The van der Waals surface area contributed by atoms with E-state index in [0.717, 1.165) is 19.3 Å². The number of hydrogen-bond acceptors (Lipinski definition) is 2. The molecule has 5 nitrogen and oxygen atoms in total. The summed E-state index contributed by atoms with van der Waals surface area (Å²) in [6, 6.07) is -0.622. The molecular weight excluding hydrogens is 256 g/mol. The minimum atomic E-state index is -1.13. The predicted octanol–water partition coefficient (Wildman–Crippen LogP) is 2.12. The van der Waals surface area contributed by atoms with Gasteiger partial charge in [-0.1, -0.05) is 13.3 Å². The van der Waals surface area contributed by atoms with Gasteiger partial charge < -0.3 is 15.7 Å². The van der Waals surface area contributed by atoms with Gasteiger partial charge in [0.25, 0.3) is 0 Å². The average molecular weight is 280 g/mol. The van der Waals surface area contributed by atoms with Gasteiger partial charge in [-0.05, 0) is 38.5 Å². The van der Waals surface area contributed by atoms with E-state index in [-0.39, 0.29) is 6.04 Å². The molecule has 0 aliphatic heterocycles. The highest BCUT2D eigenvalue weighted by atomic mass is 16.4. The third-order valence-electron chi connectivity index (χ3n) is 4.10. The van der Waals surface area contributed by atoms with E-state index in [1.165, 1.54) is 0 Å². The topological polar surface area (TPSA) is 78.4 Å². The highest BCUT2D eigenvalue weighted by molar-refractivity contribution is 5.86. The summed E-state index contributed by atoms with van der Waals surface area (Å²) in [6.07, 6.45) is 9.30. The van der Waals surface area contributed by atoms with Crippen LogP contribution in [0.5, 0.6) is 0 Å². The van der Waals surface area contributed by atoms with Gasteiger partial charge in [0.2, 0.25) is 0 Å². The summed E-state index contributed by atoms with van der Waals surface area (Å²) in [5.41, 5.74) is -1.13. The number of urea groups is 1. The second-order valence-corrected chi connectivity index (χ2v) is 5.65. The van der Waals surface area contributed by atoms with Crippen molar-refractivity contribution in [1.29, 1.82) is 0 Å². The Morgan fingerprint density at radius 3 is 2.50 bits per heavy atom. The van der Waals surface area contributed by atoms with Gasteiger partial charge in [-0.25, -0.2) is 9.59 Å². The lowest BCUT2D eigenvalue weighted by atomic mass is 9.75. The molecule has 5 heteroatoms. The van der Waals surface area contributed by atoms with Crippen LogP contribution < -0.4 is 10.6 Å². The normalized spacial score (nSPS) is 27.1. The molecule has 0 aromatic carbocycles. The fraction of sp³-hybridized carbons (Fsp3) is 0.733. The Kier molecular flexibility index (Phi) is 5.87. The number of carboxylic acid groups (broad SMARTS) is 1. The van der Waals surface area contributed by atoms with Crippen molar-refractivity contribution in [2.24, 2.45) is 5.92 Å². The van der Waals surface area contributed by atoms with Gasteiger partial charge in [0.05, 0.1) is 0 Å². The largest absolute Gasteiger partial charge is 0.480 e. The number of aliphatic carboxylic acids is 1. The first-order valence-corrected chi connectivity index (χ1v) is 7.19. The number of terminal acetylenes is 1. The molecule has 1 atom stereocenters. The van der Waals surface area contributed by atoms with E-state index in [0.29, 0.717) is 25.2 Å². The van der Waals surface area contributed by atoms with Crippen LogP contribution in [0.4, 0.5) is 4.79 Å². The summed E-state index contributed by atoms with van der Waals surface area (Å²) in [6.45, 7) is 3.90. The van der Waals surface area contributed by atoms with Crippen molar-refractivity contribution >= 4 is 12.0 Å². The number of carbonyl (C=O) groups is 2. The van der Waals surface area contributed by atoms with E-state index in [9.17, 15) is 14.7 Å². The summed E-state index contributed by atoms with van der Waals surface area (Å²) in [5.74, 6) is 2.07. The number of carboxylic acids is 1. The lowest BCUT2D eigenvalue weighted by Gasteiger charge is -2.37. The monoisotopic (exact) mass is 280 g/mol. The van der Waals surface area contributed by atoms with Crippen LogP contribution in [0.1, 0.15) is 52.4 Å². The molecule has 1 saturated carbocycles. The van der Waals surface area contributed by atoms with Crippen LogP contribution in [-0.4, -0.2) is 28.7 Å². The van der Waals surface area contributed by atoms with Crippen molar-refractivity contribution in [1.82, 2.24) is 10.6 Å². The average Bonchev–Trinajstić information content (AvgIpc) is 2.39. The zero-order valence-electron chi connectivity index (χ0n) is 12.2. The Labute approximate surface area is 120 Å². The number of hydrogen-bond donors (Lipinski definition) is 3. The van der Waals surface area contributed by atoms with Gasteiger partial charge in [0.1, 0.15) is 5.54 Å². The Bertz CT molecular complexity index is 392. The van der Waals surface area contributed by atoms with Crippen LogP contribution in [-0.2, 0) is 4.79 Å². The molecule has 1 fully saturated rings. The Morgan fingerprint density at radius 2 is 2.05 bits per heavy atom. The van der Waals surface area contributed by atoms with Crippen molar-refractivity contribution < 1.29 is 14.7 Å². The standard InChI is InChI=1S/C15H24N2O3/c1-4-6-11(3)16-14(20)17-15(13(18)19)9-7-12(5-2)8-10-15/h1,11-12H,5-10H2,2-3H3,(H,18,19)(H2,16,17,20). The minimum Gasteiger partial charge on any atom is -0.480 e. The molecule has 0 heterocycles. The molecule has 2 amide bonds. The first-order chi connectivity index (χ1) is 9.43.